The van der Waals surface area contributed by atoms with Crippen LogP contribution in [0.4, 0.5) is 0 Å². The molecule has 0 spiro atoms. The summed E-state index contributed by atoms with van der Waals surface area (Å²) in [5.41, 5.74) is 0.904. The molecule has 0 amide bonds. The summed E-state index contributed by atoms with van der Waals surface area (Å²) in [6.45, 7) is 5.65. The van der Waals surface area contributed by atoms with Crippen LogP contribution in [0.2, 0.25) is 0 Å². The number of sulfonamides is 1. The van der Waals surface area contributed by atoms with Crippen molar-refractivity contribution in [3.05, 3.63) is 21.4 Å². The van der Waals surface area contributed by atoms with Crippen LogP contribution < -0.4 is 4.72 Å². The molecule has 1 atom stereocenters. The van der Waals surface area contributed by atoms with Gasteiger partial charge in [0, 0.05) is 9.75 Å². The molecule has 80 valence electrons. The zero-order valence-electron chi connectivity index (χ0n) is 8.79. The Bertz CT molecular complexity index is 420. The third-order valence-corrected chi connectivity index (χ3v) is 5.00. The lowest BCUT2D eigenvalue weighted by Gasteiger charge is -2.11. The molecule has 0 aromatic carbocycles. The van der Waals surface area contributed by atoms with Gasteiger partial charge in [0.05, 0.1) is 5.25 Å². The Labute approximate surface area is 89.2 Å². The van der Waals surface area contributed by atoms with Gasteiger partial charge in [-0.1, -0.05) is 0 Å². The molecule has 1 N–H and O–H groups in total. The van der Waals surface area contributed by atoms with Crippen LogP contribution >= 0.6 is 11.3 Å². The first-order valence-electron chi connectivity index (χ1n) is 4.37. The maximum atomic E-state index is 11.6. The molecule has 1 aromatic heterocycles. The van der Waals surface area contributed by atoms with Crippen molar-refractivity contribution < 1.29 is 8.42 Å². The van der Waals surface area contributed by atoms with E-state index in [4.69, 9.17) is 0 Å². The molecule has 1 unspecified atom stereocenters. The molecular weight excluding hydrogens is 218 g/mol. The van der Waals surface area contributed by atoms with Crippen molar-refractivity contribution in [3.8, 4) is 0 Å². The average Bonchev–Trinajstić information content (AvgIpc) is 2.44. The summed E-state index contributed by atoms with van der Waals surface area (Å²) >= 11 is 1.63. The molecule has 3 nitrogen and oxygen atoms in total. The van der Waals surface area contributed by atoms with Crippen LogP contribution in [0.25, 0.3) is 0 Å². The van der Waals surface area contributed by atoms with Gasteiger partial charge < -0.3 is 0 Å². The van der Waals surface area contributed by atoms with Crippen LogP contribution in [0.15, 0.2) is 6.07 Å². The zero-order valence-corrected chi connectivity index (χ0v) is 10.4. The van der Waals surface area contributed by atoms with Gasteiger partial charge >= 0.3 is 0 Å². The normalized spacial score (nSPS) is 14.3. The smallest absolute Gasteiger partial charge is 0.218 e. The molecular formula is C9H15NO2S2. The highest BCUT2D eigenvalue weighted by molar-refractivity contribution is 7.89. The monoisotopic (exact) mass is 233 g/mol. The standard InChI is InChI=1S/C9H15NO2S2/c1-6-5-9(7(2)13-6)8(3)14(11,12)10-4/h5,8,10H,1-4H3. The van der Waals surface area contributed by atoms with Crippen molar-refractivity contribution in [2.75, 3.05) is 7.05 Å². The first-order chi connectivity index (χ1) is 6.38. The van der Waals surface area contributed by atoms with Crippen LogP contribution in [0.3, 0.4) is 0 Å². The van der Waals surface area contributed by atoms with E-state index in [2.05, 4.69) is 4.72 Å². The van der Waals surface area contributed by atoms with E-state index in [0.29, 0.717) is 0 Å². The van der Waals surface area contributed by atoms with E-state index in [1.54, 1.807) is 18.3 Å². The van der Waals surface area contributed by atoms with Crippen LogP contribution in [-0.4, -0.2) is 15.5 Å². The number of nitrogens with one attached hydrogen (secondary N) is 1. The van der Waals surface area contributed by atoms with E-state index in [0.717, 1.165) is 15.3 Å². The van der Waals surface area contributed by atoms with Crippen LogP contribution in [-0.2, 0) is 10.0 Å². The SMILES string of the molecule is CNS(=O)(=O)C(C)c1cc(C)sc1C. The largest absolute Gasteiger partial charge is 0.218 e. The van der Waals surface area contributed by atoms with Crippen molar-refractivity contribution in [2.24, 2.45) is 0 Å². The Balaban J connectivity index is 3.13. The summed E-state index contributed by atoms with van der Waals surface area (Å²) in [6.07, 6.45) is 0. The minimum Gasteiger partial charge on any atom is -0.218 e. The Morgan fingerprint density at radius 3 is 2.36 bits per heavy atom. The highest BCUT2D eigenvalue weighted by atomic mass is 32.2. The van der Waals surface area contributed by atoms with Gasteiger partial charge in [0.2, 0.25) is 10.0 Å². The lowest BCUT2D eigenvalue weighted by atomic mass is 10.2. The molecule has 0 saturated carbocycles. The minimum atomic E-state index is -3.20. The van der Waals surface area contributed by atoms with E-state index in [-0.39, 0.29) is 0 Å². The van der Waals surface area contributed by atoms with E-state index in [9.17, 15) is 8.42 Å². The fourth-order valence-electron chi connectivity index (χ4n) is 1.40. The van der Waals surface area contributed by atoms with Gasteiger partial charge in [0.25, 0.3) is 0 Å². The zero-order chi connectivity index (χ0) is 10.9. The number of hydrogen-bond donors (Lipinski definition) is 1. The molecule has 0 saturated heterocycles. The Morgan fingerprint density at radius 2 is 2.00 bits per heavy atom. The second-order valence-electron chi connectivity index (χ2n) is 3.26. The molecule has 1 rings (SSSR count). The fraction of sp³-hybridized carbons (Fsp3) is 0.556. The second-order valence-corrected chi connectivity index (χ2v) is 6.93. The maximum absolute atomic E-state index is 11.6. The van der Waals surface area contributed by atoms with Crippen LogP contribution in [0.1, 0.15) is 27.5 Å². The quantitative estimate of drug-likeness (QED) is 0.867. The summed E-state index contributed by atoms with van der Waals surface area (Å²) in [7, 11) is -1.76. The topological polar surface area (TPSA) is 46.2 Å². The third kappa shape index (κ3) is 2.16. The Hall–Kier alpha value is -0.390. The summed E-state index contributed by atoms with van der Waals surface area (Å²) in [4.78, 5) is 2.23. The van der Waals surface area contributed by atoms with E-state index in [1.807, 2.05) is 19.9 Å². The summed E-state index contributed by atoms with van der Waals surface area (Å²) in [6, 6.07) is 1.94. The van der Waals surface area contributed by atoms with Gasteiger partial charge in [0.1, 0.15) is 0 Å². The molecule has 0 aliphatic rings. The predicted octanol–water partition coefficient (Wildman–Crippen LogP) is 1.98. The molecule has 5 heteroatoms. The van der Waals surface area contributed by atoms with E-state index < -0.39 is 15.3 Å². The van der Waals surface area contributed by atoms with Crippen molar-refractivity contribution in [2.45, 2.75) is 26.0 Å². The summed E-state index contributed by atoms with van der Waals surface area (Å²) < 4.78 is 25.5. The van der Waals surface area contributed by atoms with Gasteiger partial charge in [-0.3, -0.25) is 0 Å². The second kappa shape index (κ2) is 4.00. The molecule has 14 heavy (non-hydrogen) atoms. The number of rotatable bonds is 3. The van der Waals surface area contributed by atoms with Crippen molar-refractivity contribution >= 4 is 21.4 Å². The number of hydrogen-bond acceptors (Lipinski definition) is 3. The highest BCUT2D eigenvalue weighted by Crippen LogP contribution is 2.30. The first-order valence-corrected chi connectivity index (χ1v) is 6.74. The summed E-state index contributed by atoms with van der Waals surface area (Å²) in [5.74, 6) is 0. The molecule has 1 aromatic rings. The van der Waals surface area contributed by atoms with Gasteiger partial charge in [-0.2, -0.15) is 0 Å². The number of aryl methyl sites for hydroxylation is 2. The summed E-state index contributed by atoms with van der Waals surface area (Å²) in [5, 5.41) is -0.475. The molecule has 0 aliphatic heterocycles. The van der Waals surface area contributed by atoms with Crippen molar-refractivity contribution in [1.82, 2.24) is 4.72 Å². The van der Waals surface area contributed by atoms with Crippen LogP contribution in [0.5, 0.6) is 0 Å². The highest BCUT2D eigenvalue weighted by Gasteiger charge is 2.23. The molecule has 0 fully saturated rings. The average molecular weight is 233 g/mol. The lowest BCUT2D eigenvalue weighted by molar-refractivity contribution is 0.578. The number of thiophene rings is 1. The van der Waals surface area contributed by atoms with Crippen molar-refractivity contribution in [1.29, 1.82) is 0 Å². The van der Waals surface area contributed by atoms with Gasteiger partial charge in [-0.25, -0.2) is 13.1 Å². The van der Waals surface area contributed by atoms with Gasteiger partial charge in [-0.05, 0) is 39.4 Å². The molecule has 0 aliphatic carbocycles. The van der Waals surface area contributed by atoms with Gasteiger partial charge in [0.15, 0.2) is 0 Å². The molecule has 0 bridgehead atoms. The third-order valence-electron chi connectivity index (χ3n) is 2.27. The predicted molar refractivity (Wildman–Crippen MR) is 60.2 cm³/mol. The van der Waals surface area contributed by atoms with E-state index in [1.165, 1.54) is 7.05 Å². The first kappa shape index (κ1) is 11.7. The lowest BCUT2D eigenvalue weighted by Crippen LogP contribution is -2.24. The maximum Gasteiger partial charge on any atom is 0.218 e. The fourth-order valence-corrected chi connectivity index (χ4v) is 3.43. The van der Waals surface area contributed by atoms with Gasteiger partial charge in [-0.15, -0.1) is 11.3 Å². The minimum absolute atomic E-state index is 0.475. The molecule has 0 radical (unpaired) electrons. The molecule has 1 heterocycles. The van der Waals surface area contributed by atoms with E-state index >= 15 is 0 Å². The Morgan fingerprint density at radius 1 is 1.43 bits per heavy atom. The van der Waals surface area contributed by atoms with Crippen LogP contribution in [0, 0.1) is 13.8 Å². The Kier molecular flexibility index (Phi) is 3.34. The van der Waals surface area contributed by atoms with Crippen molar-refractivity contribution in [3.63, 3.8) is 0 Å².